The van der Waals surface area contributed by atoms with Gasteiger partial charge in [-0.25, -0.2) is 0 Å². The van der Waals surface area contributed by atoms with Crippen LogP contribution in [0, 0.1) is 0 Å². The fraction of sp³-hybridized carbons (Fsp3) is 0.0286. The lowest BCUT2D eigenvalue weighted by Crippen LogP contribution is -2.36. The van der Waals surface area contributed by atoms with E-state index in [4.69, 9.17) is 0 Å². The van der Waals surface area contributed by atoms with Gasteiger partial charge in [-0.1, -0.05) is 200 Å². The summed E-state index contributed by atoms with van der Waals surface area (Å²) in [6.07, 6.45) is 0. The van der Waals surface area contributed by atoms with E-state index in [-0.39, 0.29) is 5.92 Å². The van der Waals surface area contributed by atoms with Gasteiger partial charge in [0.1, 0.15) is 0 Å². The van der Waals surface area contributed by atoms with Crippen molar-refractivity contribution in [2.24, 2.45) is 0 Å². The Balaban J connectivity index is 1.11. The maximum atomic E-state index is 2.62. The van der Waals surface area contributed by atoms with E-state index in [1.165, 1.54) is 126 Å². The van der Waals surface area contributed by atoms with Gasteiger partial charge in [0, 0.05) is 38.8 Å². The second-order valence-electron chi connectivity index (χ2n) is 19.9. The van der Waals surface area contributed by atoms with Gasteiger partial charge in [0.05, 0.1) is 27.5 Å². The monoisotopic (exact) mass is 912 g/mol. The van der Waals surface area contributed by atoms with Crippen LogP contribution >= 0.6 is 0 Å². The second kappa shape index (κ2) is 14.9. The molecule has 0 saturated carbocycles. The molecule has 2 heteroatoms. The number of hydrogen-bond acceptors (Lipinski definition) is 0. The highest BCUT2D eigenvalue weighted by Crippen LogP contribution is 2.64. The molecular weight excluding hydrogens is 869 g/mol. The molecule has 334 valence electrons. The molecule has 0 aliphatic heterocycles. The molecule has 2 heterocycles. The van der Waals surface area contributed by atoms with Crippen molar-refractivity contribution in [1.82, 2.24) is 9.13 Å². The van der Waals surface area contributed by atoms with Crippen LogP contribution in [-0.4, -0.2) is 9.13 Å². The molecule has 2 aromatic heterocycles. The summed E-state index contributed by atoms with van der Waals surface area (Å²) in [6, 6.07) is 98.6. The summed E-state index contributed by atoms with van der Waals surface area (Å²) in [4.78, 5) is 0. The summed E-state index contributed by atoms with van der Waals surface area (Å²) >= 11 is 0. The summed E-state index contributed by atoms with van der Waals surface area (Å²) in [5.41, 5.74) is 20.8. The lowest BCUT2D eigenvalue weighted by Gasteiger charge is -2.44. The van der Waals surface area contributed by atoms with E-state index >= 15 is 0 Å². The van der Waals surface area contributed by atoms with E-state index in [9.17, 15) is 0 Å². The van der Waals surface area contributed by atoms with E-state index < -0.39 is 5.41 Å². The molecule has 0 amide bonds. The van der Waals surface area contributed by atoms with Gasteiger partial charge in [-0.2, -0.15) is 0 Å². The molecule has 2 nitrogen and oxygen atoms in total. The predicted octanol–water partition coefficient (Wildman–Crippen LogP) is 17.7. The molecular formula is C70H44N2. The van der Waals surface area contributed by atoms with Crippen molar-refractivity contribution in [3.05, 3.63) is 300 Å². The normalized spacial score (nSPS) is 14.4. The van der Waals surface area contributed by atoms with Crippen molar-refractivity contribution in [2.75, 3.05) is 0 Å². The highest BCUT2D eigenvalue weighted by Gasteiger charge is 2.52. The van der Waals surface area contributed by atoms with Gasteiger partial charge in [0.2, 0.25) is 0 Å². The van der Waals surface area contributed by atoms with Crippen molar-refractivity contribution in [3.63, 3.8) is 0 Å². The first-order valence-electron chi connectivity index (χ1n) is 25.2. The molecule has 0 saturated heterocycles. The molecule has 2 aliphatic rings. The van der Waals surface area contributed by atoms with Crippen LogP contribution in [-0.2, 0) is 5.41 Å². The minimum atomic E-state index is -0.657. The quantitative estimate of drug-likeness (QED) is 0.166. The smallest absolute Gasteiger partial charge is 0.0720 e. The maximum absolute atomic E-state index is 2.62. The van der Waals surface area contributed by atoms with Crippen LogP contribution < -0.4 is 0 Å². The van der Waals surface area contributed by atoms with Crippen molar-refractivity contribution in [1.29, 1.82) is 0 Å². The third-order valence-electron chi connectivity index (χ3n) is 16.4. The van der Waals surface area contributed by atoms with Gasteiger partial charge in [0.25, 0.3) is 0 Å². The van der Waals surface area contributed by atoms with Gasteiger partial charge in [-0.3, -0.25) is 0 Å². The standard InChI is InChI=1S/C70H44N2/c1-2-20-46(21-3-1)51-24-8-9-29-56(51)69-59-40-57-54-27-12-16-32-65(54)72(50-37-35-45-19-5-7-23-48(45)39-50)68(57)43-64(59)70(61-30-14-10-25-52(61)53-26-11-15-31-62(53)70)63-41-58-55-28-13-17-33-66(55)71(67(58)42-60(63)69)49-36-34-44-18-4-6-22-47(44)38-49/h1-43,69H. The summed E-state index contributed by atoms with van der Waals surface area (Å²) in [7, 11) is 0. The molecule has 1 spiro atoms. The molecule has 12 aromatic carbocycles. The largest absolute Gasteiger partial charge is 0.309 e. The van der Waals surface area contributed by atoms with Crippen molar-refractivity contribution >= 4 is 65.2 Å². The average Bonchev–Trinajstić information content (AvgIpc) is 4.06. The van der Waals surface area contributed by atoms with Gasteiger partial charge in [-0.15, -0.1) is 0 Å². The number of benzene rings is 12. The average molecular weight is 913 g/mol. The lowest BCUT2D eigenvalue weighted by atomic mass is 9.57. The minimum Gasteiger partial charge on any atom is -0.309 e. The Kier molecular flexibility index (Phi) is 8.19. The molecule has 0 bridgehead atoms. The summed E-state index contributed by atoms with van der Waals surface area (Å²) < 4.78 is 5.05. The summed E-state index contributed by atoms with van der Waals surface area (Å²) in [6.45, 7) is 0. The number of hydrogen-bond donors (Lipinski definition) is 0. The van der Waals surface area contributed by atoms with Crippen LogP contribution in [0.25, 0.3) is 98.8 Å². The molecule has 14 aromatic rings. The number of para-hydroxylation sites is 2. The van der Waals surface area contributed by atoms with Crippen LogP contribution in [0.2, 0.25) is 0 Å². The lowest BCUT2D eigenvalue weighted by molar-refractivity contribution is 0.700. The van der Waals surface area contributed by atoms with Gasteiger partial charge in [0.15, 0.2) is 0 Å². The Labute approximate surface area is 416 Å². The topological polar surface area (TPSA) is 9.86 Å². The third-order valence-corrected chi connectivity index (χ3v) is 16.4. The molecule has 72 heavy (non-hydrogen) atoms. The van der Waals surface area contributed by atoms with E-state index in [2.05, 4.69) is 270 Å². The van der Waals surface area contributed by atoms with Crippen molar-refractivity contribution in [2.45, 2.75) is 11.3 Å². The van der Waals surface area contributed by atoms with Crippen LogP contribution in [0.15, 0.2) is 261 Å². The zero-order valence-corrected chi connectivity index (χ0v) is 39.3. The van der Waals surface area contributed by atoms with Crippen LogP contribution in [0.4, 0.5) is 0 Å². The number of nitrogens with zero attached hydrogens (tertiary/aromatic N) is 2. The van der Waals surface area contributed by atoms with Crippen LogP contribution in [0.3, 0.4) is 0 Å². The predicted molar refractivity (Wildman–Crippen MR) is 300 cm³/mol. The van der Waals surface area contributed by atoms with E-state index in [1.807, 2.05) is 0 Å². The van der Waals surface area contributed by atoms with Crippen molar-refractivity contribution in [3.8, 4) is 33.6 Å². The molecule has 16 rings (SSSR count). The first-order valence-corrected chi connectivity index (χ1v) is 25.2. The molecule has 2 aliphatic carbocycles. The Morgan fingerprint density at radius 3 is 1.35 bits per heavy atom. The molecule has 0 N–H and O–H groups in total. The Hall–Kier alpha value is -9.24. The fourth-order valence-electron chi connectivity index (χ4n) is 13.5. The van der Waals surface area contributed by atoms with Crippen molar-refractivity contribution < 1.29 is 0 Å². The van der Waals surface area contributed by atoms with Crippen LogP contribution in [0.5, 0.6) is 0 Å². The van der Waals surface area contributed by atoms with E-state index in [0.29, 0.717) is 0 Å². The highest BCUT2D eigenvalue weighted by molar-refractivity contribution is 6.13. The number of rotatable bonds is 4. The summed E-state index contributed by atoms with van der Waals surface area (Å²) in [5.74, 6) is -0.128. The Morgan fingerprint density at radius 1 is 0.264 bits per heavy atom. The third kappa shape index (κ3) is 5.33. The molecule has 0 fully saturated rings. The molecule has 1 atom stereocenters. The zero-order chi connectivity index (χ0) is 47.1. The maximum Gasteiger partial charge on any atom is 0.0720 e. The summed E-state index contributed by atoms with van der Waals surface area (Å²) in [5, 5.41) is 9.94. The highest BCUT2D eigenvalue weighted by atomic mass is 15.0. The molecule has 1 unspecified atom stereocenters. The fourth-order valence-corrected chi connectivity index (χ4v) is 13.5. The number of aromatic nitrogens is 2. The number of fused-ring (bicyclic) bond motifs is 17. The first kappa shape index (κ1) is 39.6. The molecule has 0 radical (unpaired) electrons. The SMILES string of the molecule is c1ccc(-c2ccccc2C2c3cc4c(cc3C3(c5ccccc5-c5ccccc53)c3cc5c(cc32)c2ccccc2n5-c2ccc3ccccc3c2)c2ccccc2n4-c2ccc3ccccc3c2)cc1. The second-order valence-corrected chi connectivity index (χ2v) is 19.9. The van der Waals surface area contributed by atoms with Gasteiger partial charge >= 0.3 is 0 Å². The van der Waals surface area contributed by atoms with Crippen LogP contribution in [0.1, 0.15) is 44.9 Å². The Bertz CT molecular complexity index is 4530. The first-order chi connectivity index (χ1) is 35.7. The Morgan fingerprint density at radius 2 is 0.722 bits per heavy atom. The minimum absolute atomic E-state index is 0.128. The van der Waals surface area contributed by atoms with Gasteiger partial charge in [-0.05, 0) is 143 Å². The van der Waals surface area contributed by atoms with E-state index in [1.54, 1.807) is 0 Å². The van der Waals surface area contributed by atoms with Gasteiger partial charge < -0.3 is 9.13 Å². The zero-order valence-electron chi connectivity index (χ0n) is 39.3. The van der Waals surface area contributed by atoms with E-state index in [0.717, 1.165) is 11.4 Å².